The second-order valence-electron chi connectivity index (χ2n) is 8.99. The Morgan fingerprint density at radius 3 is 2.09 bits per heavy atom. The van der Waals surface area contributed by atoms with Crippen LogP contribution >= 0.6 is 0 Å². The lowest BCUT2D eigenvalue weighted by molar-refractivity contribution is -0.145. The van der Waals surface area contributed by atoms with Gasteiger partial charge in [0.2, 0.25) is 5.91 Å². The van der Waals surface area contributed by atoms with E-state index in [0.717, 1.165) is 41.5 Å². The van der Waals surface area contributed by atoms with Crippen molar-refractivity contribution in [3.63, 3.8) is 0 Å². The number of amides is 2. The van der Waals surface area contributed by atoms with Gasteiger partial charge in [0, 0.05) is 18.0 Å². The van der Waals surface area contributed by atoms with Crippen LogP contribution in [0.4, 0.5) is 4.79 Å². The number of ether oxygens (including phenoxy) is 1. The molecule has 1 saturated heterocycles. The van der Waals surface area contributed by atoms with E-state index in [1.807, 2.05) is 50.2 Å². The normalized spacial score (nSPS) is 20.5. The fourth-order valence-electron chi connectivity index (χ4n) is 5.19. The molecule has 1 heterocycles. The third-order valence-corrected chi connectivity index (χ3v) is 6.76. The highest BCUT2D eigenvalue weighted by molar-refractivity contribution is 5.89. The maximum Gasteiger partial charge on any atom is 0.407 e. The van der Waals surface area contributed by atoms with Gasteiger partial charge in [-0.3, -0.25) is 9.59 Å². The van der Waals surface area contributed by atoms with Gasteiger partial charge >= 0.3 is 12.1 Å². The van der Waals surface area contributed by atoms with Gasteiger partial charge in [0.1, 0.15) is 12.6 Å². The summed E-state index contributed by atoms with van der Waals surface area (Å²) in [6.07, 6.45) is 1.48. The Morgan fingerprint density at radius 1 is 1.00 bits per heavy atom. The van der Waals surface area contributed by atoms with Crippen LogP contribution in [0.15, 0.2) is 48.5 Å². The van der Waals surface area contributed by atoms with E-state index < -0.39 is 24.5 Å². The average Bonchev–Trinajstić information content (AvgIpc) is 3.10. The van der Waals surface area contributed by atoms with Crippen molar-refractivity contribution in [3.8, 4) is 11.1 Å². The second kappa shape index (κ2) is 9.65. The van der Waals surface area contributed by atoms with E-state index in [2.05, 4.69) is 17.4 Å². The smallest absolute Gasteiger partial charge is 0.407 e. The van der Waals surface area contributed by atoms with Crippen LogP contribution in [0.5, 0.6) is 0 Å². The van der Waals surface area contributed by atoms with Crippen molar-refractivity contribution in [1.29, 1.82) is 0 Å². The van der Waals surface area contributed by atoms with Gasteiger partial charge in [-0.1, -0.05) is 48.5 Å². The lowest BCUT2D eigenvalue weighted by Crippen LogP contribution is -2.56. The van der Waals surface area contributed by atoms with Crippen molar-refractivity contribution in [2.24, 2.45) is 0 Å². The molecular weight excluding hydrogens is 420 g/mol. The van der Waals surface area contributed by atoms with Crippen molar-refractivity contribution in [2.75, 3.05) is 6.61 Å². The first-order valence-electron chi connectivity index (χ1n) is 11.5. The predicted octanol–water partition coefficient (Wildman–Crippen LogP) is 4.16. The highest BCUT2D eigenvalue weighted by Crippen LogP contribution is 2.44. The molecule has 1 fully saturated rings. The Balaban J connectivity index is 1.45. The second-order valence-corrected chi connectivity index (χ2v) is 8.99. The zero-order valence-corrected chi connectivity index (χ0v) is 19.0. The number of carboxylic acid groups (broad SMARTS) is 1. The summed E-state index contributed by atoms with van der Waals surface area (Å²) in [6.45, 7) is 4.02. The lowest BCUT2D eigenvalue weighted by Gasteiger charge is -2.40. The van der Waals surface area contributed by atoms with Crippen LogP contribution < -0.4 is 5.32 Å². The fourth-order valence-corrected chi connectivity index (χ4v) is 5.19. The van der Waals surface area contributed by atoms with E-state index in [-0.39, 0.29) is 30.5 Å². The molecule has 174 valence electrons. The molecule has 0 spiro atoms. The van der Waals surface area contributed by atoms with Gasteiger partial charge in [0.25, 0.3) is 0 Å². The third kappa shape index (κ3) is 4.72. The maximum atomic E-state index is 13.2. The molecule has 1 aliphatic heterocycles. The summed E-state index contributed by atoms with van der Waals surface area (Å²) >= 11 is 0. The summed E-state index contributed by atoms with van der Waals surface area (Å²) in [4.78, 5) is 39.0. The molecule has 2 N–H and O–H groups in total. The largest absolute Gasteiger partial charge is 0.481 e. The van der Waals surface area contributed by atoms with Crippen LogP contribution in [0, 0.1) is 0 Å². The number of hydrogen-bond donors (Lipinski definition) is 2. The van der Waals surface area contributed by atoms with Crippen molar-refractivity contribution < 1.29 is 24.2 Å². The Kier molecular flexibility index (Phi) is 6.67. The van der Waals surface area contributed by atoms with Crippen LogP contribution in [0.25, 0.3) is 11.1 Å². The molecule has 2 amide bonds. The van der Waals surface area contributed by atoms with Crippen LogP contribution in [-0.4, -0.2) is 52.7 Å². The number of carbonyl (C=O) groups excluding carboxylic acids is 2. The van der Waals surface area contributed by atoms with E-state index in [1.165, 1.54) is 0 Å². The molecule has 33 heavy (non-hydrogen) atoms. The molecule has 3 unspecified atom stereocenters. The monoisotopic (exact) mass is 450 g/mol. The zero-order valence-electron chi connectivity index (χ0n) is 19.0. The number of aliphatic carboxylic acids is 1. The Bertz CT molecular complexity index is 997. The Morgan fingerprint density at radius 2 is 1.55 bits per heavy atom. The number of nitrogens with zero attached hydrogens (tertiary/aromatic N) is 1. The van der Waals surface area contributed by atoms with Crippen LogP contribution in [0.2, 0.25) is 0 Å². The molecule has 7 nitrogen and oxygen atoms in total. The molecule has 0 bridgehead atoms. The number of rotatable bonds is 6. The summed E-state index contributed by atoms with van der Waals surface area (Å²) in [7, 11) is 0. The van der Waals surface area contributed by atoms with Crippen molar-refractivity contribution in [2.45, 2.75) is 63.6 Å². The number of piperidine rings is 1. The number of nitrogens with one attached hydrogen (secondary N) is 1. The molecule has 2 aromatic rings. The van der Waals surface area contributed by atoms with Crippen LogP contribution in [0.3, 0.4) is 0 Å². The molecule has 0 aromatic heterocycles. The highest BCUT2D eigenvalue weighted by atomic mass is 16.5. The number of fused-ring (bicyclic) bond motifs is 3. The molecule has 0 saturated carbocycles. The third-order valence-electron chi connectivity index (χ3n) is 6.76. The SMILES string of the molecule is CC1CCCC(C)N1C(=O)C(CC(=O)O)NC(=O)OCC1c2ccccc2-c2ccccc21. The fraction of sp³-hybridized carbons (Fsp3) is 0.423. The molecule has 2 aliphatic rings. The minimum Gasteiger partial charge on any atom is -0.481 e. The predicted molar refractivity (Wildman–Crippen MR) is 124 cm³/mol. The summed E-state index contributed by atoms with van der Waals surface area (Å²) in [5.74, 6) is -1.63. The molecule has 2 aromatic carbocycles. The first-order valence-corrected chi connectivity index (χ1v) is 11.5. The number of alkyl carbamates (subject to hydrolysis) is 1. The zero-order chi connectivity index (χ0) is 23.5. The van der Waals surface area contributed by atoms with Gasteiger partial charge in [-0.25, -0.2) is 4.79 Å². The number of carbonyl (C=O) groups is 3. The summed E-state index contributed by atoms with van der Waals surface area (Å²) < 4.78 is 5.53. The van der Waals surface area contributed by atoms with Crippen molar-refractivity contribution in [1.82, 2.24) is 10.2 Å². The molecule has 1 aliphatic carbocycles. The van der Waals surface area contributed by atoms with Crippen LogP contribution in [-0.2, 0) is 14.3 Å². The molecule has 3 atom stereocenters. The molecular formula is C26H30N2O5. The minimum atomic E-state index is -1.17. The average molecular weight is 451 g/mol. The number of likely N-dealkylation sites (tertiary alicyclic amines) is 1. The number of benzene rings is 2. The number of carboxylic acids is 1. The number of hydrogen-bond acceptors (Lipinski definition) is 4. The van der Waals surface area contributed by atoms with Crippen LogP contribution in [0.1, 0.15) is 56.6 Å². The Hall–Kier alpha value is -3.35. The van der Waals surface area contributed by atoms with Crippen molar-refractivity contribution >= 4 is 18.0 Å². The van der Waals surface area contributed by atoms with Gasteiger partial charge in [-0.05, 0) is 55.4 Å². The van der Waals surface area contributed by atoms with E-state index in [0.29, 0.717) is 0 Å². The van der Waals surface area contributed by atoms with Gasteiger partial charge in [0.05, 0.1) is 6.42 Å². The van der Waals surface area contributed by atoms with E-state index >= 15 is 0 Å². The molecule has 4 rings (SSSR count). The molecule has 0 radical (unpaired) electrons. The lowest BCUT2D eigenvalue weighted by atomic mass is 9.96. The summed E-state index contributed by atoms with van der Waals surface area (Å²) in [5, 5.41) is 11.9. The van der Waals surface area contributed by atoms with Gasteiger partial charge < -0.3 is 20.1 Å². The topological polar surface area (TPSA) is 95.9 Å². The quantitative estimate of drug-likeness (QED) is 0.689. The first kappa shape index (κ1) is 22.8. The van der Waals surface area contributed by atoms with E-state index in [4.69, 9.17) is 4.74 Å². The molecule has 7 heteroatoms. The first-order chi connectivity index (χ1) is 15.9. The van der Waals surface area contributed by atoms with E-state index in [9.17, 15) is 19.5 Å². The summed E-state index contributed by atoms with van der Waals surface area (Å²) in [5.41, 5.74) is 4.41. The van der Waals surface area contributed by atoms with Gasteiger partial charge in [-0.2, -0.15) is 0 Å². The van der Waals surface area contributed by atoms with Gasteiger partial charge in [0.15, 0.2) is 0 Å². The van der Waals surface area contributed by atoms with Crippen molar-refractivity contribution in [3.05, 3.63) is 59.7 Å². The minimum absolute atomic E-state index is 0.00172. The van der Waals surface area contributed by atoms with Gasteiger partial charge in [-0.15, -0.1) is 0 Å². The highest BCUT2D eigenvalue weighted by Gasteiger charge is 2.36. The maximum absolute atomic E-state index is 13.2. The Labute approximate surface area is 193 Å². The summed E-state index contributed by atoms with van der Waals surface area (Å²) in [6, 6.07) is 14.9. The standard InChI is InChI=1S/C26H30N2O5/c1-16-8-7-9-17(2)28(16)25(31)23(14-24(29)30)27-26(32)33-15-22-20-12-5-3-10-18(20)19-11-4-6-13-21(19)22/h3-6,10-13,16-17,22-23H,7-9,14-15H2,1-2H3,(H,27,32)(H,29,30). The van der Waals surface area contributed by atoms with E-state index in [1.54, 1.807) is 4.90 Å².